The number of nitrogens with zero attached hydrogens (tertiary/aromatic N) is 2. The van der Waals surface area contributed by atoms with Gasteiger partial charge in [-0.1, -0.05) is 30.3 Å². The van der Waals surface area contributed by atoms with E-state index in [9.17, 15) is 0 Å². The molecule has 2 aromatic rings. The average Bonchev–Trinajstić information content (AvgIpc) is 3.17. The summed E-state index contributed by atoms with van der Waals surface area (Å²) in [5, 5.41) is 10.9. The van der Waals surface area contributed by atoms with Crippen molar-refractivity contribution >= 4 is 0 Å². The number of aromatic nitrogens is 2. The topological polar surface area (TPSA) is 44.0 Å². The van der Waals surface area contributed by atoms with Gasteiger partial charge in [0, 0.05) is 24.7 Å². The first kappa shape index (κ1) is 14.3. The van der Waals surface area contributed by atoms with Crippen LogP contribution in [0.25, 0.3) is 11.3 Å². The van der Waals surface area contributed by atoms with Gasteiger partial charge in [-0.15, -0.1) is 0 Å². The van der Waals surface area contributed by atoms with Gasteiger partial charge in [0.05, 0.1) is 11.9 Å². The summed E-state index contributed by atoms with van der Waals surface area (Å²) in [6.07, 6.45) is 4.64. The number of aromatic amines is 1. The summed E-state index contributed by atoms with van der Waals surface area (Å²) in [7, 11) is 0. The summed E-state index contributed by atoms with van der Waals surface area (Å²) in [5.74, 6) is 0. The number of hydrogen-bond donors (Lipinski definition) is 2. The van der Waals surface area contributed by atoms with Gasteiger partial charge in [0.15, 0.2) is 0 Å². The Hall–Kier alpha value is -1.65. The zero-order chi connectivity index (χ0) is 14.5. The highest BCUT2D eigenvalue weighted by atomic mass is 15.2. The summed E-state index contributed by atoms with van der Waals surface area (Å²) in [6.45, 7) is 6.77. The molecule has 0 aliphatic carbocycles. The molecule has 3 rings (SSSR count). The Kier molecular flexibility index (Phi) is 4.68. The average molecular weight is 284 g/mol. The quantitative estimate of drug-likeness (QED) is 0.857. The molecule has 2 N–H and O–H groups in total. The van der Waals surface area contributed by atoms with Crippen molar-refractivity contribution in [2.45, 2.75) is 32.4 Å². The third-order valence-corrected chi connectivity index (χ3v) is 4.15. The van der Waals surface area contributed by atoms with Crippen molar-refractivity contribution in [2.24, 2.45) is 0 Å². The summed E-state index contributed by atoms with van der Waals surface area (Å²) < 4.78 is 0. The van der Waals surface area contributed by atoms with Crippen LogP contribution in [0.5, 0.6) is 0 Å². The fourth-order valence-corrected chi connectivity index (χ4v) is 3.00. The Morgan fingerprint density at radius 1 is 1.24 bits per heavy atom. The summed E-state index contributed by atoms with van der Waals surface area (Å²) in [5.41, 5.74) is 3.55. The Bertz CT molecular complexity index is 543. The number of H-pyrrole nitrogens is 1. The number of nitrogens with one attached hydrogen (secondary N) is 2. The predicted octanol–water partition coefficient (Wildman–Crippen LogP) is 2.65. The summed E-state index contributed by atoms with van der Waals surface area (Å²) in [6, 6.07) is 10.9. The highest BCUT2D eigenvalue weighted by Crippen LogP contribution is 2.20. The van der Waals surface area contributed by atoms with E-state index in [4.69, 9.17) is 0 Å². The maximum Gasteiger partial charge on any atom is 0.0695 e. The Labute approximate surface area is 126 Å². The minimum Gasteiger partial charge on any atom is -0.309 e. The molecule has 0 radical (unpaired) electrons. The summed E-state index contributed by atoms with van der Waals surface area (Å²) in [4.78, 5) is 2.55. The van der Waals surface area contributed by atoms with Gasteiger partial charge in [-0.2, -0.15) is 5.10 Å². The van der Waals surface area contributed by atoms with Crippen molar-refractivity contribution in [1.29, 1.82) is 0 Å². The molecule has 1 aliphatic heterocycles. The molecule has 1 aliphatic rings. The predicted molar refractivity (Wildman–Crippen MR) is 86.0 cm³/mol. The normalized spacial score (nSPS) is 17.2. The number of rotatable bonds is 6. The van der Waals surface area contributed by atoms with Crippen LogP contribution in [0.3, 0.4) is 0 Å². The van der Waals surface area contributed by atoms with Gasteiger partial charge in [-0.3, -0.25) is 5.10 Å². The highest BCUT2D eigenvalue weighted by molar-refractivity contribution is 5.62. The smallest absolute Gasteiger partial charge is 0.0695 e. The van der Waals surface area contributed by atoms with E-state index in [0.29, 0.717) is 6.04 Å². The first-order valence-corrected chi connectivity index (χ1v) is 7.86. The van der Waals surface area contributed by atoms with Crippen LogP contribution >= 0.6 is 0 Å². The van der Waals surface area contributed by atoms with Crippen molar-refractivity contribution < 1.29 is 0 Å². The number of benzene rings is 1. The van der Waals surface area contributed by atoms with Crippen molar-refractivity contribution in [3.63, 3.8) is 0 Å². The van der Waals surface area contributed by atoms with Crippen molar-refractivity contribution in [3.05, 3.63) is 42.1 Å². The van der Waals surface area contributed by atoms with E-state index in [0.717, 1.165) is 18.8 Å². The van der Waals surface area contributed by atoms with Crippen LogP contribution in [0.2, 0.25) is 0 Å². The van der Waals surface area contributed by atoms with E-state index in [2.05, 4.69) is 51.6 Å². The van der Waals surface area contributed by atoms with Gasteiger partial charge in [-0.25, -0.2) is 0 Å². The maximum atomic E-state index is 4.20. The zero-order valence-corrected chi connectivity index (χ0v) is 12.7. The number of likely N-dealkylation sites (tertiary alicyclic amines) is 1. The van der Waals surface area contributed by atoms with Crippen molar-refractivity contribution in [1.82, 2.24) is 20.4 Å². The van der Waals surface area contributed by atoms with Gasteiger partial charge < -0.3 is 10.2 Å². The van der Waals surface area contributed by atoms with Gasteiger partial charge in [0.25, 0.3) is 0 Å². The lowest BCUT2D eigenvalue weighted by molar-refractivity contribution is 0.298. The molecule has 1 fully saturated rings. The molecule has 1 aromatic heterocycles. The lowest BCUT2D eigenvalue weighted by Gasteiger charge is -2.21. The molecular weight excluding hydrogens is 260 g/mol. The minimum absolute atomic E-state index is 0.502. The molecule has 0 spiro atoms. The Morgan fingerprint density at radius 3 is 2.76 bits per heavy atom. The molecule has 0 bridgehead atoms. The van der Waals surface area contributed by atoms with E-state index in [1.807, 2.05) is 12.3 Å². The first-order valence-electron chi connectivity index (χ1n) is 7.86. The van der Waals surface area contributed by atoms with Crippen LogP contribution < -0.4 is 5.32 Å². The third kappa shape index (κ3) is 3.71. The van der Waals surface area contributed by atoms with Crippen LogP contribution in [0.4, 0.5) is 0 Å². The number of hydrogen-bond acceptors (Lipinski definition) is 3. The van der Waals surface area contributed by atoms with E-state index >= 15 is 0 Å². The van der Waals surface area contributed by atoms with Crippen molar-refractivity contribution in [2.75, 3.05) is 19.6 Å². The molecule has 4 nitrogen and oxygen atoms in total. The van der Waals surface area contributed by atoms with E-state index < -0.39 is 0 Å². The van der Waals surface area contributed by atoms with E-state index in [-0.39, 0.29) is 0 Å². The SMILES string of the molecule is CC(CN1CCCC1)NCc1cn[nH]c1-c1ccccc1. The molecule has 1 atom stereocenters. The van der Waals surface area contributed by atoms with Gasteiger partial charge in [-0.05, 0) is 38.4 Å². The molecule has 112 valence electrons. The summed E-state index contributed by atoms with van der Waals surface area (Å²) >= 11 is 0. The van der Waals surface area contributed by atoms with Crippen LogP contribution in [-0.4, -0.2) is 40.8 Å². The molecule has 0 saturated carbocycles. The molecule has 1 aromatic carbocycles. The monoisotopic (exact) mass is 284 g/mol. The fraction of sp³-hybridized carbons (Fsp3) is 0.471. The molecule has 1 saturated heterocycles. The standard InChI is InChI=1S/C17H24N4/c1-14(13-21-9-5-6-10-21)18-11-16-12-19-20-17(16)15-7-3-2-4-8-15/h2-4,7-8,12,14,18H,5-6,9-11,13H2,1H3,(H,19,20). The fourth-order valence-electron chi connectivity index (χ4n) is 3.00. The Morgan fingerprint density at radius 2 is 2.00 bits per heavy atom. The van der Waals surface area contributed by atoms with Crippen molar-refractivity contribution in [3.8, 4) is 11.3 Å². The second-order valence-corrected chi connectivity index (χ2v) is 5.93. The lowest BCUT2D eigenvalue weighted by Crippen LogP contribution is -2.37. The highest BCUT2D eigenvalue weighted by Gasteiger charge is 2.15. The minimum atomic E-state index is 0.502. The molecule has 0 amide bonds. The molecule has 1 unspecified atom stereocenters. The third-order valence-electron chi connectivity index (χ3n) is 4.15. The molecular formula is C17H24N4. The van der Waals surface area contributed by atoms with Crippen LogP contribution in [-0.2, 0) is 6.54 Å². The van der Waals surface area contributed by atoms with Crippen LogP contribution in [0.1, 0.15) is 25.3 Å². The molecule has 21 heavy (non-hydrogen) atoms. The second kappa shape index (κ2) is 6.87. The molecule has 4 heteroatoms. The second-order valence-electron chi connectivity index (χ2n) is 5.93. The van der Waals surface area contributed by atoms with Crippen LogP contribution in [0, 0.1) is 0 Å². The van der Waals surface area contributed by atoms with Gasteiger partial charge in [0.2, 0.25) is 0 Å². The largest absolute Gasteiger partial charge is 0.309 e. The van der Waals surface area contributed by atoms with Gasteiger partial charge in [0.1, 0.15) is 0 Å². The van der Waals surface area contributed by atoms with E-state index in [1.165, 1.54) is 37.1 Å². The zero-order valence-electron chi connectivity index (χ0n) is 12.7. The first-order chi connectivity index (χ1) is 10.3. The Balaban J connectivity index is 1.57. The van der Waals surface area contributed by atoms with Crippen LogP contribution in [0.15, 0.2) is 36.5 Å². The maximum absolute atomic E-state index is 4.20. The van der Waals surface area contributed by atoms with Gasteiger partial charge >= 0.3 is 0 Å². The van der Waals surface area contributed by atoms with E-state index in [1.54, 1.807) is 0 Å². The molecule has 2 heterocycles. The lowest BCUT2D eigenvalue weighted by atomic mass is 10.1.